The van der Waals surface area contributed by atoms with Gasteiger partial charge in [-0.25, -0.2) is 0 Å². The molecule has 1 atom stereocenters. The Morgan fingerprint density at radius 1 is 0.935 bits per heavy atom. The fraction of sp³-hybridized carbons (Fsp3) is 0.240. The van der Waals surface area contributed by atoms with Gasteiger partial charge in [0, 0.05) is 16.9 Å². The van der Waals surface area contributed by atoms with Gasteiger partial charge in [0.2, 0.25) is 0 Å². The Hall–Kier alpha value is -3.12. The number of carbonyl (C=O) groups is 3. The van der Waals surface area contributed by atoms with E-state index in [0.29, 0.717) is 5.56 Å². The summed E-state index contributed by atoms with van der Waals surface area (Å²) in [5, 5.41) is 5.03. The molecule has 1 amide bonds. The van der Waals surface area contributed by atoms with Crippen molar-refractivity contribution >= 4 is 40.2 Å². The average molecular weight is 436 g/mol. The van der Waals surface area contributed by atoms with Gasteiger partial charge >= 0.3 is 5.97 Å². The lowest BCUT2D eigenvalue weighted by Crippen LogP contribution is -2.31. The van der Waals surface area contributed by atoms with Crippen molar-refractivity contribution in [3.63, 3.8) is 0 Å². The number of Topliss-reactive ketones (excluding diaryl/α,β-unsaturated/α-hetero) is 1. The maximum Gasteiger partial charge on any atom is 0.306 e. The van der Waals surface area contributed by atoms with Gasteiger partial charge in [0.15, 0.2) is 12.4 Å². The lowest BCUT2D eigenvalue weighted by Gasteiger charge is -2.16. The summed E-state index contributed by atoms with van der Waals surface area (Å²) in [5.74, 6) is -1.08. The largest absolute Gasteiger partial charge is 0.456 e. The van der Waals surface area contributed by atoms with Crippen LogP contribution in [-0.2, 0) is 14.3 Å². The molecule has 0 fully saturated rings. The number of rotatable bonds is 9. The van der Waals surface area contributed by atoms with Gasteiger partial charge in [0.1, 0.15) is 0 Å². The van der Waals surface area contributed by atoms with Crippen molar-refractivity contribution in [2.75, 3.05) is 12.9 Å². The number of thioether (sulfide) groups is 1. The molecule has 3 aromatic carbocycles. The summed E-state index contributed by atoms with van der Waals surface area (Å²) in [6.45, 7) is 1.52. The van der Waals surface area contributed by atoms with E-state index in [2.05, 4.69) is 5.32 Å². The highest BCUT2D eigenvalue weighted by molar-refractivity contribution is 7.98. The van der Waals surface area contributed by atoms with E-state index in [-0.39, 0.29) is 37.2 Å². The molecule has 160 valence electrons. The lowest BCUT2D eigenvalue weighted by molar-refractivity contribution is -0.148. The van der Waals surface area contributed by atoms with Crippen LogP contribution < -0.4 is 5.32 Å². The van der Waals surface area contributed by atoms with Crippen molar-refractivity contribution in [3.8, 4) is 0 Å². The second kappa shape index (κ2) is 10.8. The van der Waals surface area contributed by atoms with Crippen LogP contribution in [0.25, 0.3) is 10.8 Å². The first-order chi connectivity index (χ1) is 15.0. The summed E-state index contributed by atoms with van der Waals surface area (Å²) in [6, 6.07) is 20.9. The van der Waals surface area contributed by atoms with E-state index in [1.807, 2.05) is 67.8 Å². The van der Waals surface area contributed by atoms with E-state index in [1.54, 1.807) is 23.9 Å². The summed E-state index contributed by atoms with van der Waals surface area (Å²) < 4.78 is 5.04. The van der Waals surface area contributed by atoms with Crippen LogP contribution in [0, 0.1) is 0 Å². The zero-order valence-corrected chi connectivity index (χ0v) is 18.4. The van der Waals surface area contributed by atoms with Gasteiger partial charge in [-0.15, -0.1) is 11.8 Å². The summed E-state index contributed by atoms with van der Waals surface area (Å²) >= 11 is 1.60. The average Bonchev–Trinajstić information content (AvgIpc) is 2.80. The number of ketones is 1. The second-order valence-corrected chi connectivity index (χ2v) is 8.05. The summed E-state index contributed by atoms with van der Waals surface area (Å²) in [6.07, 6.45) is 1.95. The fourth-order valence-electron chi connectivity index (χ4n) is 3.34. The number of nitrogens with one attached hydrogen (secondary N) is 1. The van der Waals surface area contributed by atoms with Crippen molar-refractivity contribution in [1.29, 1.82) is 0 Å². The minimum Gasteiger partial charge on any atom is -0.456 e. The highest BCUT2D eigenvalue weighted by Gasteiger charge is 2.15. The molecule has 0 saturated carbocycles. The van der Waals surface area contributed by atoms with Crippen LogP contribution in [-0.4, -0.2) is 30.5 Å². The Labute approximate surface area is 186 Å². The standard InChI is InChI=1S/C25H25NO4S/c1-17(21-9-5-7-18-6-3-4-8-22(18)21)26-24(28)16-30-25(29)15-14-23(27)19-10-12-20(31-2)13-11-19/h3-13,17H,14-16H2,1-2H3,(H,26,28)/t17-/m0/s1. The SMILES string of the molecule is CSc1ccc(C(=O)CCC(=O)OCC(=O)N[C@@H](C)c2cccc3ccccc23)cc1. The predicted octanol–water partition coefficient (Wildman–Crippen LogP) is 4.95. The lowest BCUT2D eigenvalue weighted by atomic mass is 10.00. The zero-order valence-electron chi connectivity index (χ0n) is 17.6. The van der Waals surface area contributed by atoms with Crippen molar-refractivity contribution in [3.05, 3.63) is 77.9 Å². The van der Waals surface area contributed by atoms with Crippen LogP contribution in [0.4, 0.5) is 0 Å². The first-order valence-electron chi connectivity index (χ1n) is 10.1. The molecule has 0 aliphatic carbocycles. The first kappa shape index (κ1) is 22.6. The monoisotopic (exact) mass is 435 g/mol. The van der Waals surface area contributed by atoms with E-state index in [1.165, 1.54) is 0 Å². The number of hydrogen-bond donors (Lipinski definition) is 1. The maximum atomic E-state index is 12.2. The van der Waals surface area contributed by atoms with E-state index in [4.69, 9.17) is 4.74 Å². The van der Waals surface area contributed by atoms with Gasteiger partial charge in [-0.1, -0.05) is 54.6 Å². The highest BCUT2D eigenvalue weighted by atomic mass is 32.2. The molecule has 31 heavy (non-hydrogen) atoms. The highest BCUT2D eigenvalue weighted by Crippen LogP contribution is 2.24. The van der Waals surface area contributed by atoms with Gasteiger partial charge < -0.3 is 10.1 Å². The molecule has 0 bridgehead atoms. The van der Waals surface area contributed by atoms with Crippen LogP contribution in [0.5, 0.6) is 0 Å². The quantitative estimate of drug-likeness (QED) is 0.293. The van der Waals surface area contributed by atoms with Crippen LogP contribution in [0.2, 0.25) is 0 Å². The molecule has 3 aromatic rings. The molecule has 0 heterocycles. The molecule has 0 radical (unpaired) electrons. The summed E-state index contributed by atoms with van der Waals surface area (Å²) in [5.41, 5.74) is 1.56. The minimum absolute atomic E-state index is 0.0471. The molecule has 0 aliphatic heterocycles. The Morgan fingerprint density at radius 2 is 1.65 bits per heavy atom. The van der Waals surface area contributed by atoms with Crippen molar-refractivity contribution in [2.45, 2.75) is 30.7 Å². The van der Waals surface area contributed by atoms with Crippen molar-refractivity contribution < 1.29 is 19.1 Å². The Kier molecular flexibility index (Phi) is 7.84. The topological polar surface area (TPSA) is 72.5 Å². The van der Waals surface area contributed by atoms with Gasteiger partial charge in [0.05, 0.1) is 12.5 Å². The van der Waals surface area contributed by atoms with Crippen LogP contribution >= 0.6 is 11.8 Å². The summed E-state index contributed by atoms with van der Waals surface area (Å²) in [4.78, 5) is 37.5. The minimum atomic E-state index is -0.568. The van der Waals surface area contributed by atoms with Gasteiger partial charge in [-0.05, 0) is 41.6 Å². The Balaban J connectivity index is 1.45. The molecular weight excluding hydrogens is 410 g/mol. The Morgan fingerprint density at radius 3 is 2.39 bits per heavy atom. The number of esters is 1. The van der Waals surface area contributed by atoms with Crippen molar-refractivity contribution in [1.82, 2.24) is 5.32 Å². The van der Waals surface area contributed by atoms with Gasteiger partial charge in [-0.2, -0.15) is 0 Å². The molecule has 3 rings (SSSR count). The Bertz CT molecular complexity index is 1070. The van der Waals surface area contributed by atoms with Crippen LogP contribution in [0.15, 0.2) is 71.6 Å². The number of carbonyl (C=O) groups excluding carboxylic acids is 3. The first-order valence-corrected chi connectivity index (χ1v) is 11.3. The molecule has 5 nitrogen and oxygen atoms in total. The molecule has 0 aliphatic rings. The zero-order chi connectivity index (χ0) is 22.2. The van der Waals surface area contributed by atoms with Gasteiger partial charge in [-0.3, -0.25) is 14.4 Å². The van der Waals surface area contributed by atoms with Gasteiger partial charge in [0.25, 0.3) is 5.91 Å². The molecular formula is C25H25NO4S. The van der Waals surface area contributed by atoms with Crippen molar-refractivity contribution in [2.24, 2.45) is 0 Å². The normalized spacial score (nSPS) is 11.7. The number of fused-ring (bicyclic) bond motifs is 1. The number of benzene rings is 3. The van der Waals surface area contributed by atoms with E-state index in [9.17, 15) is 14.4 Å². The molecule has 1 N–H and O–H groups in total. The smallest absolute Gasteiger partial charge is 0.306 e. The van der Waals surface area contributed by atoms with E-state index < -0.39 is 5.97 Å². The molecule has 0 unspecified atom stereocenters. The maximum absolute atomic E-state index is 12.2. The number of hydrogen-bond acceptors (Lipinski definition) is 5. The summed E-state index contributed by atoms with van der Waals surface area (Å²) in [7, 11) is 0. The number of amides is 1. The molecule has 0 spiro atoms. The fourth-order valence-corrected chi connectivity index (χ4v) is 3.75. The molecule has 0 aromatic heterocycles. The number of ether oxygens (including phenoxy) is 1. The third-order valence-electron chi connectivity index (χ3n) is 5.00. The van der Waals surface area contributed by atoms with Crippen LogP contribution in [0.3, 0.4) is 0 Å². The third kappa shape index (κ3) is 6.18. The van der Waals surface area contributed by atoms with E-state index >= 15 is 0 Å². The third-order valence-corrected chi connectivity index (χ3v) is 5.74. The second-order valence-electron chi connectivity index (χ2n) is 7.17. The van der Waals surface area contributed by atoms with Crippen LogP contribution in [0.1, 0.15) is 41.7 Å². The molecule has 6 heteroatoms. The van der Waals surface area contributed by atoms with E-state index in [0.717, 1.165) is 21.2 Å². The predicted molar refractivity (Wildman–Crippen MR) is 123 cm³/mol. The molecule has 0 saturated heterocycles.